The van der Waals surface area contributed by atoms with Gasteiger partial charge < -0.3 is 5.73 Å². The molecule has 0 bridgehead atoms. The number of carbonyl (C=O) groups is 1. The second-order valence-electron chi connectivity index (χ2n) is 6.59. The number of amides is 1. The molecule has 1 saturated carbocycles. The molecule has 0 saturated heterocycles. The minimum Gasteiger partial charge on any atom is -0.366 e. The molecule has 2 aromatic carbocycles. The molecule has 1 aliphatic rings. The summed E-state index contributed by atoms with van der Waals surface area (Å²) in [6.07, 6.45) is 1.76. The molecule has 1 aliphatic carbocycles. The predicted molar refractivity (Wildman–Crippen MR) is 96.6 cm³/mol. The van der Waals surface area contributed by atoms with E-state index in [0.29, 0.717) is 17.0 Å². The Bertz CT molecular complexity index is 901. The average Bonchev–Trinajstić information content (AvgIpc) is 3.40. The molecule has 0 heterocycles. The summed E-state index contributed by atoms with van der Waals surface area (Å²) in [6.45, 7) is 4.17. The van der Waals surface area contributed by atoms with Crippen LogP contribution in [0.3, 0.4) is 0 Å². The first kappa shape index (κ1) is 17.6. The molecule has 0 spiro atoms. The smallest absolute Gasteiger partial charge is 0.248 e. The van der Waals surface area contributed by atoms with Gasteiger partial charge in [0.2, 0.25) is 15.9 Å². The van der Waals surface area contributed by atoms with Crippen LogP contribution < -0.4 is 5.73 Å². The van der Waals surface area contributed by atoms with Gasteiger partial charge in [-0.3, -0.25) is 4.79 Å². The van der Waals surface area contributed by atoms with Crippen LogP contribution in [0.1, 0.15) is 39.9 Å². The van der Waals surface area contributed by atoms with Crippen molar-refractivity contribution < 1.29 is 13.2 Å². The molecule has 2 aromatic rings. The van der Waals surface area contributed by atoms with Gasteiger partial charge in [-0.2, -0.15) is 4.31 Å². The molecule has 5 nitrogen and oxygen atoms in total. The Morgan fingerprint density at radius 3 is 2.24 bits per heavy atom. The molecule has 0 aromatic heterocycles. The first-order valence-corrected chi connectivity index (χ1v) is 9.71. The van der Waals surface area contributed by atoms with Crippen LogP contribution in [-0.4, -0.2) is 24.7 Å². The molecule has 0 aliphatic heterocycles. The van der Waals surface area contributed by atoms with E-state index < -0.39 is 15.9 Å². The van der Waals surface area contributed by atoms with E-state index in [1.807, 2.05) is 19.9 Å². The molecule has 25 heavy (non-hydrogen) atoms. The third-order valence-corrected chi connectivity index (χ3v) is 6.51. The highest BCUT2D eigenvalue weighted by atomic mass is 32.2. The Balaban J connectivity index is 1.90. The lowest BCUT2D eigenvalue weighted by atomic mass is 10.1. The highest BCUT2D eigenvalue weighted by Gasteiger charge is 2.38. The van der Waals surface area contributed by atoms with Gasteiger partial charge in [0.15, 0.2) is 0 Å². The van der Waals surface area contributed by atoms with Crippen LogP contribution in [0.4, 0.5) is 0 Å². The van der Waals surface area contributed by atoms with Gasteiger partial charge in [-0.05, 0) is 67.6 Å². The fourth-order valence-corrected chi connectivity index (χ4v) is 4.50. The highest BCUT2D eigenvalue weighted by molar-refractivity contribution is 7.89. The van der Waals surface area contributed by atoms with E-state index in [9.17, 15) is 13.2 Å². The predicted octanol–water partition coefficient (Wildman–Crippen LogP) is 2.76. The number of nitrogens with zero attached hydrogens (tertiary/aromatic N) is 1. The van der Waals surface area contributed by atoms with E-state index in [1.165, 1.54) is 0 Å². The number of rotatable bonds is 6. The van der Waals surface area contributed by atoms with Crippen molar-refractivity contribution in [1.82, 2.24) is 4.31 Å². The Hall–Kier alpha value is -2.18. The lowest BCUT2D eigenvalue weighted by Crippen LogP contribution is -2.32. The number of primary amides is 1. The van der Waals surface area contributed by atoms with Gasteiger partial charge in [0.25, 0.3) is 0 Å². The summed E-state index contributed by atoms with van der Waals surface area (Å²) in [5, 5.41) is 0. The van der Waals surface area contributed by atoms with E-state index in [-0.39, 0.29) is 6.04 Å². The molecule has 0 atom stereocenters. The van der Waals surface area contributed by atoms with E-state index in [4.69, 9.17) is 5.73 Å². The number of carbonyl (C=O) groups excluding carboxylic acids is 1. The molecule has 132 valence electrons. The van der Waals surface area contributed by atoms with Gasteiger partial charge in [-0.25, -0.2) is 8.42 Å². The van der Waals surface area contributed by atoms with E-state index in [0.717, 1.165) is 29.5 Å². The maximum absolute atomic E-state index is 13.1. The second-order valence-corrected chi connectivity index (χ2v) is 8.48. The van der Waals surface area contributed by atoms with Crippen molar-refractivity contribution in [3.63, 3.8) is 0 Å². The van der Waals surface area contributed by atoms with Crippen LogP contribution in [-0.2, 0) is 16.6 Å². The Morgan fingerprint density at radius 2 is 1.72 bits per heavy atom. The molecule has 1 amide bonds. The highest BCUT2D eigenvalue weighted by Crippen LogP contribution is 2.34. The summed E-state index contributed by atoms with van der Waals surface area (Å²) < 4.78 is 27.8. The lowest BCUT2D eigenvalue weighted by Gasteiger charge is -2.22. The molecule has 6 heteroatoms. The largest absolute Gasteiger partial charge is 0.366 e. The Labute approximate surface area is 148 Å². The SMILES string of the molecule is Cc1ccc(S(=O)(=O)N(Cc2ccc(C(N)=O)cc2)C2CC2)cc1C. The van der Waals surface area contributed by atoms with Crippen LogP contribution in [0, 0.1) is 13.8 Å². The van der Waals surface area contributed by atoms with Gasteiger partial charge in [-0.1, -0.05) is 18.2 Å². The first-order valence-electron chi connectivity index (χ1n) is 8.27. The topological polar surface area (TPSA) is 80.5 Å². The van der Waals surface area contributed by atoms with Crippen molar-refractivity contribution in [2.75, 3.05) is 0 Å². The molecular formula is C19H22N2O3S. The number of hydrogen-bond donors (Lipinski definition) is 1. The number of aryl methyl sites for hydroxylation is 2. The van der Waals surface area contributed by atoms with Crippen LogP contribution >= 0.6 is 0 Å². The van der Waals surface area contributed by atoms with Crippen molar-refractivity contribution in [3.05, 3.63) is 64.7 Å². The monoisotopic (exact) mass is 358 g/mol. The molecule has 1 fully saturated rings. The van der Waals surface area contributed by atoms with Crippen molar-refractivity contribution in [2.45, 2.75) is 44.2 Å². The van der Waals surface area contributed by atoms with Gasteiger partial charge in [0.05, 0.1) is 4.90 Å². The first-order chi connectivity index (χ1) is 11.8. The van der Waals surface area contributed by atoms with Crippen LogP contribution in [0.25, 0.3) is 0 Å². The zero-order valence-electron chi connectivity index (χ0n) is 14.4. The summed E-state index contributed by atoms with van der Waals surface area (Å²) in [5.74, 6) is -0.492. The summed E-state index contributed by atoms with van der Waals surface area (Å²) in [4.78, 5) is 11.5. The number of hydrogen-bond acceptors (Lipinski definition) is 3. The van der Waals surface area contributed by atoms with Gasteiger partial charge in [0, 0.05) is 18.2 Å². The summed E-state index contributed by atoms with van der Waals surface area (Å²) in [6, 6.07) is 12.1. The number of benzene rings is 2. The summed E-state index contributed by atoms with van der Waals surface area (Å²) in [5.41, 5.74) is 8.53. The minimum absolute atomic E-state index is 0.0439. The zero-order valence-corrected chi connectivity index (χ0v) is 15.2. The van der Waals surface area contributed by atoms with Gasteiger partial charge >= 0.3 is 0 Å². The van der Waals surface area contributed by atoms with Crippen LogP contribution in [0.2, 0.25) is 0 Å². The second kappa shape index (κ2) is 6.61. The molecule has 3 rings (SSSR count). The third-order valence-electron chi connectivity index (χ3n) is 4.62. The quantitative estimate of drug-likeness (QED) is 0.862. The van der Waals surface area contributed by atoms with Gasteiger partial charge in [-0.15, -0.1) is 0 Å². The summed E-state index contributed by atoms with van der Waals surface area (Å²) in [7, 11) is -3.56. The van der Waals surface area contributed by atoms with E-state index in [2.05, 4.69) is 0 Å². The van der Waals surface area contributed by atoms with Crippen LogP contribution in [0.15, 0.2) is 47.4 Å². The molecule has 2 N–H and O–H groups in total. The van der Waals surface area contributed by atoms with Crippen LogP contribution in [0.5, 0.6) is 0 Å². The normalized spacial score (nSPS) is 14.7. The fraction of sp³-hybridized carbons (Fsp3) is 0.316. The van der Waals surface area contributed by atoms with Crippen molar-refractivity contribution in [2.24, 2.45) is 5.73 Å². The third kappa shape index (κ3) is 3.75. The Kier molecular flexibility index (Phi) is 4.67. The van der Waals surface area contributed by atoms with Crippen molar-refractivity contribution in [3.8, 4) is 0 Å². The Morgan fingerprint density at radius 1 is 1.08 bits per heavy atom. The minimum atomic E-state index is -3.56. The van der Waals surface area contributed by atoms with Gasteiger partial charge in [0.1, 0.15) is 0 Å². The zero-order chi connectivity index (χ0) is 18.2. The standard InChI is InChI=1S/C19H22N2O3S/c1-13-3-10-18(11-14(13)2)25(23,24)21(17-8-9-17)12-15-4-6-16(7-5-15)19(20)22/h3-7,10-11,17H,8-9,12H2,1-2H3,(H2,20,22). The molecule has 0 unspecified atom stereocenters. The molecule has 0 radical (unpaired) electrons. The maximum Gasteiger partial charge on any atom is 0.248 e. The number of nitrogens with two attached hydrogens (primary N) is 1. The maximum atomic E-state index is 13.1. The average molecular weight is 358 g/mol. The van der Waals surface area contributed by atoms with E-state index >= 15 is 0 Å². The van der Waals surface area contributed by atoms with Crippen molar-refractivity contribution in [1.29, 1.82) is 0 Å². The van der Waals surface area contributed by atoms with E-state index in [1.54, 1.807) is 40.7 Å². The van der Waals surface area contributed by atoms with Crippen molar-refractivity contribution >= 4 is 15.9 Å². The number of sulfonamides is 1. The molecular weight excluding hydrogens is 336 g/mol. The summed E-state index contributed by atoms with van der Waals surface area (Å²) >= 11 is 0. The fourth-order valence-electron chi connectivity index (χ4n) is 2.74. The lowest BCUT2D eigenvalue weighted by molar-refractivity contribution is 0.1000.